The van der Waals surface area contributed by atoms with Crippen LogP contribution in [0.25, 0.3) is 11.6 Å². The fourth-order valence-corrected chi connectivity index (χ4v) is 3.75. The molecule has 1 amide bonds. The molecule has 28 heavy (non-hydrogen) atoms. The molecular formula is C19H20N4O4S. The van der Waals surface area contributed by atoms with Gasteiger partial charge in [-0.1, -0.05) is 23.9 Å². The Balaban J connectivity index is 1.36. The third-order valence-electron chi connectivity index (χ3n) is 4.23. The Kier molecular flexibility index (Phi) is 5.52. The van der Waals surface area contributed by atoms with Crippen molar-refractivity contribution in [1.29, 1.82) is 0 Å². The molecule has 8 nitrogen and oxygen atoms in total. The summed E-state index contributed by atoms with van der Waals surface area (Å²) in [5, 5.41) is 12.0. The Labute approximate surface area is 166 Å². The van der Waals surface area contributed by atoms with Crippen LogP contribution in [0.1, 0.15) is 12.5 Å². The van der Waals surface area contributed by atoms with Crippen molar-refractivity contribution in [2.24, 2.45) is 0 Å². The van der Waals surface area contributed by atoms with Crippen molar-refractivity contribution in [1.82, 2.24) is 20.1 Å². The van der Waals surface area contributed by atoms with Gasteiger partial charge in [-0.05, 0) is 25.1 Å². The molecule has 146 valence electrons. The first-order valence-corrected chi connectivity index (χ1v) is 9.99. The van der Waals surface area contributed by atoms with E-state index in [1.165, 1.54) is 11.8 Å². The number of benzene rings is 1. The molecule has 0 radical (unpaired) electrons. The summed E-state index contributed by atoms with van der Waals surface area (Å²) in [5.41, 5.74) is 0.896. The maximum absolute atomic E-state index is 12.3. The van der Waals surface area contributed by atoms with Crippen LogP contribution in [-0.2, 0) is 17.9 Å². The van der Waals surface area contributed by atoms with Crippen LogP contribution in [0.4, 0.5) is 0 Å². The largest absolute Gasteiger partial charge is 0.486 e. The second-order valence-corrected chi connectivity index (χ2v) is 6.98. The number of carbonyl (C=O) groups is 1. The highest BCUT2D eigenvalue weighted by Crippen LogP contribution is 2.33. The van der Waals surface area contributed by atoms with Crippen LogP contribution < -0.4 is 14.8 Å². The van der Waals surface area contributed by atoms with Gasteiger partial charge in [0.25, 0.3) is 0 Å². The molecule has 1 aliphatic rings. The number of thioether (sulfide) groups is 1. The van der Waals surface area contributed by atoms with E-state index < -0.39 is 0 Å². The Morgan fingerprint density at radius 2 is 2.11 bits per heavy atom. The lowest BCUT2D eigenvalue weighted by Gasteiger charge is -2.21. The molecule has 3 aromatic rings. The lowest BCUT2D eigenvalue weighted by molar-refractivity contribution is -0.118. The van der Waals surface area contributed by atoms with Crippen molar-refractivity contribution < 1.29 is 18.7 Å². The smallest absolute Gasteiger partial charge is 0.230 e. The number of hydrogen-bond donors (Lipinski definition) is 1. The van der Waals surface area contributed by atoms with Crippen molar-refractivity contribution in [2.45, 2.75) is 25.2 Å². The number of aromatic nitrogens is 3. The third-order valence-corrected chi connectivity index (χ3v) is 5.20. The van der Waals surface area contributed by atoms with Crippen LogP contribution >= 0.6 is 11.8 Å². The van der Waals surface area contributed by atoms with Crippen molar-refractivity contribution in [3.63, 3.8) is 0 Å². The first-order chi connectivity index (χ1) is 13.8. The van der Waals surface area contributed by atoms with Gasteiger partial charge in [-0.25, -0.2) is 0 Å². The van der Waals surface area contributed by atoms with Crippen LogP contribution in [0.2, 0.25) is 0 Å². The van der Waals surface area contributed by atoms with Gasteiger partial charge in [0.2, 0.25) is 5.91 Å². The highest BCUT2D eigenvalue weighted by Gasteiger charge is 2.18. The number of fused-ring (bicyclic) bond motifs is 1. The van der Waals surface area contributed by atoms with E-state index in [-0.39, 0.29) is 11.7 Å². The molecule has 3 heterocycles. The topological polar surface area (TPSA) is 91.4 Å². The fraction of sp³-hybridized carbons (Fsp3) is 0.316. The van der Waals surface area contributed by atoms with E-state index in [2.05, 4.69) is 15.5 Å². The predicted molar refractivity (Wildman–Crippen MR) is 103 cm³/mol. The van der Waals surface area contributed by atoms with E-state index in [4.69, 9.17) is 13.9 Å². The van der Waals surface area contributed by atoms with Crippen molar-refractivity contribution in [3.05, 3.63) is 42.2 Å². The molecule has 0 fully saturated rings. The Bertz CT molecular complexity index is 955. The first-order valence-electron chi connectivity index (χ1n) is 9.00. The number of ether oxygens (including phenoxy) is 2. The summed E-state index contributed by atoms with van der Waals surface area (Å²) in [6.45, 7) is 4.11. The quantitative estimate of drug-likeness (QED) is 0.610. The zero-order valence-electron chi connectivity index (χ0n) is 15.4. The molecule has 0 saturated heterocycles. The van der Waals surface area contributed by atoms with Gasteiger partial charge >= 0.3 is 0 Å². The molecule has 2 aromatic heterocycles. The van der Waals surface area contributed by atoms with Crippen molar-refractivity contribution in [3.8, 4) is 23.1 Å². The Morgan fingerprint density at radius 3 is 2.93 bits per heavy atom. The minimum Gasteiger partial charge on any atom is -0.486 e. The maximum atomic E-state index is 12.3. The van der Waals surface area contributed by atoms with E-state index >= 15 is 0 Å². The zero-order valence-corrected chi connectivity index (χ0v) is 16.2. The molecule has 9 heteroatoms. The third kappa shape index (κ3) is 3.84. The summed E-state index contributed by atoms with van der Waals surface area (Å²) < 4.78 is 18.6. The lowest BCUT2D eigenvalue weighted by atomic mass is 10.1. The van der Waals surface area contributed by atoms with Crippen LogP contribution in [-0.4, -0.2) is 39.6 Å². The molecule has 0 aliphatic carbocycles. The maximum Gasteiger partial charge on any atom is 0.230 e. The standard InChI is InChI=1S/C19H20N4O4S/c1-2-23-18(15-7-4-8-25-15)21-22-19(23)28-12-16(24)20-11-13-5-3-6-14-17(13)27-10-9-26-14/h3-8H,2,9-12H2,1H3,(H,20,24). The molecule has 1 aliphatic heterocycles. The van der Waals surface area contributed by atoms with E-state index in [1.807, 2.05) is 35.8 Å². The van der Waals surface area contributed by atoms with Gasteiger partial charge in [-0.3, -0.25) is 9.36 Å². The van der Waals surface area contributed by atoms with Crippen LogP contribution in [0.5, 0.6) is 11.5 Å². The predicted octanol–water partition coefficient (Wildman–Crippen LogP) is 2.74. The number of para-hydroxylation sites is 1. The molecular weight excluding hydrogens is 380 g/mol. The molecule has 0 unspecified atom stereocenters. The van der Waals surface area contributed by atoms with E-state index in [0.29, 0.717) is 54.5 Å². The SMILES string of the molecule is CCn1c(SCC(=O)NCc2cccc3c2OCCO3)nnc1-c1ccco1. The van der Waals surface area contributed by atoms with E-state index in [9.17, 15) is 4.79 Å². The van der Waals surface area contributed by atoms with Crippen LogP contribution in [0.3, 0.4) is 0 Å². The number of amides is 1. The summed E-state index contributed by atoms with van der Waals surface area (Å²) in [4.78, 5) is 12.3. The zero-order chi connectivity index (χ0) is 19.3. The minimum absolute atomic E-state index is 0.0930. The van der Waals surface area contributed by atoms with Crippen molar-refractivity contribution >= 4 is 17.7 Å². The molecule has 0 bridgehead atoms. The van der Waals surface area contributed by atoms with E-state index in [0.717, 1.165) is 5.56 Å². The highest BCUT2D eigenvalue weighted by atomic mass is 32.2. The van der Waals surface area contributed by atoms with Gasteiger partial charge < -0.3 is 19.2 Å². The van der Waals surface area contributed by atoms with Gasteiger partial charge in [0, 0.05) is 18.7 Å². The second kappa shape index (κ2) is 8.39. The van der Waals surface area contributed by atoms with Gasteiger partial charge in [-0.15, -0.1) is 10.2 Å². The molecule has 1 aromatic carbocycles. The van der Waals surface area contributed by atoms with Crippen molar-refractivity contribution in [2.75, 3.05) is 19.0 Å². The molecule has 0 atom stereocenters. The monoisotopic (exact) mass is 400 g/mol. The normalized spacial score (nSPS) is 12.8. The summed E-state index contributed by atoms with van der Waals surface area (Å²) in [7, 11) is 0. The lowest BCUT2D eigenvalue weighted by Crippen LogP contribution is -2.26. The van der Waals surface area contributed by atoms with E-state index in [1.54, 1.807) is 12.3 Å². The summed E-state index contributed by atoms with van der Waals surface area (Å²) in [6, 6.07) is 9.32. The average Bonchev–Trinajstić information content (AvgIpc) is 3.39. The van der Waals surface area contributed by atoms with Gasteiger partial charge in [0.1, 0.15) is 13.2 Å². The second-order valence-electron chi connectivity index (χ2n) is 6.03. The molecule has 0 saturated carbocycles. The fourth-order valence-electron chi connectivity index (χ4n) is 2.92. The summed E-state index contributed by atoms with van der Waals surface area (Å²) in [6.07, 6.45) is 1.60. The highest BCUT2D eigenvalue weighted by molar-refractivity contribution is 7.99. The summed E-state index contributed by atoms with van der Waals surface area (Å²) >= 11 is 1.34. The average molecular weight is 400 g/mol. The number of rotatable bonds is 7. The van der Waals surface area contributed by atoms with Crippen LogP contribution in [0, 0.1) is 0 Å². The number of nitrogens with zero attached hydrogens (tertiary/aromatic N) is 3. The first kappa shape index (κ1) is 18.4. The number of carbonyl (C=O) groups excluding carboxylic acids is 1. The van der Waals surface area contributed by atoms with Crippen LogP contribution in [0.15, 0.2) is 46.2 Å². The number of nitrogens with one attached hydrogen (secondary N) is 1. The Hall–Kier alpha value is -2.94. The summed E-state index contributed by atoms with van der Waals surface area (Å²) in [5.74, 6) is 2.88. The number of furan rings is 1. The Morgan fingerprint density at radius 1 is 1.21 bits per heavy atom. The van der Waals surface area contributed by atoms with Gasteiger partial charge in [-0.2, -0.15) is 0 Å². The molecule has 4 rings (SSSR count). The van der Waals surface area contributed by atoms with Gasteiger partial charge in [0.15, 0.2) is 28.2 Å². The molecule has 1 N–H and O–H groups in total. The minimum atomic E-state index is -0.0930. The number of hydrogen-bond acceptors (Lipinski definition) is 7. The van der Waals surface area contributed by atoms with Gasteiger partial charge in [0.05, 0.1) is 12.0 Å². The molecule has 0 spiro atoms.